The molecule has 0 spiro atoms. The first-order chi connectivity index (χ1) is 6.50. The van der Waals surface area contributed by atoms with Gasteiger partial charge in [-0.15, -0.1) is 0 Å². The summed E-state index contributed by atoms with van der Waals surface area (Å²) < 4.78 is 4.85. The van der Waals surface area contributed by atoms with E-state index in [4.69, 9.17) is 15.9 Å². The molecule has 1 heterocycles. The van der Waals surface area contributed by atoms with E-state index in [1.807, 2.05) is 13.8 Å². The number of anilines is 2. The lowest BCUT2D eigenvalue weighted by atomic mass is 10.0. The second-order valence-corrected chi connectivity index (χ2v) is 3.21. The number of nitrogen functional groups attached to an aromatic ring is 1. The van der Waals surface area contributed by atoms with Gasteiger partial charge in [0.1, 0.15) is 6.04 Å². The molecule has 0 radical (unpaired) electrons. The van der Waals surface area contributed by atoms with Crippen LogP contribution in [0.15, 0.2) is 4.42 Å². The molecular weight excluding hydrogens is 186 g/mol. The molecule has 5 N–H and O–H groups in total. The molecule has 1 unspecified atom stereocenters. The molecule has 0 aliphatic carbocycles. The van der Waals surface area contributed by atoms with Crippen LogP contribution in [0.5, 0.6) is 0 Å². The van der Waals surface area contributed by atoms with Gasteiger partial charge >= 0.3 is 12.0 Å². The molecule has 0 saturated carbocycles. The molecule has 1 aromatic rings. The van der Waals surface area contributed by atoms with Crippen molar-refractivity contribution in [3.05, 3.63) is 0 Å². The minimum Gasteiger partial charge on any atom is -0.390 e. The Morgan fingerprint density at radius 1 is 1.50 bits per heavy atom. The van der Waals surface area contributed by atoms with Crippen molar-refractivity contribution in [2.75, 3.05) is 11.1 Å². The summed E-state index contributed by atoms with van der Waals surface area (Å²) in [4.78, 5) is 11.0. The highest BCUT2D eigenvalue weighted by molar-refractivity contribution is 5.82. The normalized spacial score (nSPS) is 12.8. The van der Waals surface area contributed by atoms with E-state index in [1.54, 1.807) is 0 Å². The summed E-state index contributed by atoms with van der Waals surface area (Å²) in [6, 6.07) is -0.505. The van der Waals surface area contributed by atoms with Crippen LogP contribution in [0.3, 0.4) is 0 Å². The van der Waals surface area contributed by atoms with Crippen molar-refractivity contribution in [1.29, 1.82) is 0 Å². The van der Waals surface area contributed by atoms with E-state index in [-0.39, 0.29) is 17.9 Å². The van der Waals surface area contributed by atoms with E-state index in [2.05, 4.69) is 15.5 Å². The number of nitrogens with one attached hydrogen (secondary N) is 1. The van der Waals surface area contributed by atoms with Gasteiger partial charge in [-0.05, 0) is 5.92 Å². The number of hydrogen-bond acceptors (Lipinski definition) is 6. The van der Waals surface area contributed by atoms with Gasteiger partial charge in [-0.1, -0.05) is 24.0 Å². The summed E-state index contributed by atoms with van der Waals surface area (Å²) in [6.07, 6.45) is 0. The Kier molecular flexibility index (Phi) is 2.90. The van der Waals surface area contributed by atoms with Gasteiger partial charge in [-0.3, -0.25) is 4.79 Å². The van der Waals surface area contributed by atoms with Crippen LogP contribution in [0.2, 0.25) is 0 Å². The maximum absolute atomic E-state index is 11.0. The Hall–Kier alpha value is -1.79. The number of hydrogen-bond donors (Lipinski definition) is 3. The number of carbonyl (C=O) groups is 1. The summed E-state index contributed by atoms with van der Waals surface area (Å²) >= 11 is 0. The minimum absolute atomic E-state index is 0.0284. The minimum atomic E-state index is -0.546. The molecule has 1 amide bonds. The van der Waals surface area contributed by atoms with Crippen LogP contribution in [-0.2, 0) is 4.79 Å². The summed E-state index contributed by atoms with van der Waals surface area (Å²) in [7, 11) is 0. The Balaban J connectivity index is 2.69. The third kappa shape index (κ3) is 2.35. The first-order valence-electron chi connectivity index (χ1n) is 4.15. The number of nitrogens with zero attached hydrogens (tertiary/aromatic N) is 2. The van der Waals surface area contributed by atoms with Crippen molar-refractivity contribution in [1.82, 2.24) is 10.2 Å². The van der Waals surface area contributed by atoms with Gasteiger partial charge < -0.3 is 21.2 Å². The molecule has 1 aromatic heterocycles. The molecule has 1 rings (SSSR count). The molecular formula is C7H13N5O2. The Bertz CT molecular complexity index is 322. The SMILES string of the molecule is CC(C)C(Nc1nnc(N)o1)C(N)=O. The monoisotopic (exact) mass is 199 g/mol. The highest BCUT2D eigenvalue weighted by Crippen LogP contribution is 2.11. The largest absolute Gasteiger partial charge is 0.390 e. The average Bonchev–Trinajstić information content (AvgIpc) is 2.46. The lowest BCUT2D eigenvalue weighted by molar-refractivity contribution is -0.119. The molecule has 78 valence electrons. The molecule has 7 nitrogen and oxygen atoms in total. The maximum atomic E-state index is 11.0. The fraction of sp³-hybridized carbons (Fsp3) is 0.571. The Morgan fingerprint density at radius 2 is 2.14 bits per heavy atom. The zero-order valence-corrected chi connectivity index (χ0v) is 8.02. The summed E-state index contributed by atoms with van der Waals surface area (Å²) in [5.74, 6) is -0.447. The molecule has 14 heavy (non-hydrogen) atoms. The van der Waals surface area contributed by atoms with Crippen molar-refractivity contribution >= 4 is 17.9 Å². The fourth-order valence-electron chi connectivity index (χ4n) is 0.992. The maximum Gasteiger partial charge on any atom is 0.317 e. The second-order valence-electron chi connectivity index (χ2n) is 3.21. The molecule has 0 aromatic carbocycles. The molecule has 0 fully saturated rings. The van der Waals surface area contributed by atoms with Crippen molar-refractivity contribution in [2.45, 2.75) is 19.9 Å². The number of nitrogens with two attached hydrogens (primary N) is 2. The highest BCUT2D eigenvalue weighted by atomic mass is 16.4. The van der Waals surface area contributed by atoms with Crippen molar-refractivity contribution < 1.29 is 9.21 Å². The first-order valence-corrected chi connectivity index (χ1v) is 4.15. The predicted molar refractivity (Wildman–Crippen MR) is 50.2 cm³/mol. The third-order valence-corrected chi connectivity index (χ3v) is 1.69. The van der Waals surface area contributed by atoms with Crippen LogP contribution in [-0.4, -0.2) is 22.1 Å². The van der Waals surface area contributed by atoms with Crippen LogP contribution in [0.1, 0.15) is 13.8 Å². The molecule has 0 aliphatic rings. The first kappa shape index (κ1) is 10.3. The number of amides is 1. The predicted octanol–water partition coefficient (Wildman–Crippen LogP) is -0.426. The fourth-order valence-corrected chi connectivity index (χ4v) is 0.992. The van der Waals surface area contributed by atoms with Gasteiger partial charge in [0.15, 0.2) is 0 Å². The third-order valence-electron chi connectivity index (χ3n) is 1.69. The summed E-state index contributed by atoms with van der Waals surface area (Å²) in [6.45, 7) is 3.70. The van der Waals surface area contributed by atoms with Gasteiger partial charge in [-0.25, -0.2) is 0 Å². The van der Waals surface area contributed by atoms with E-state index in [1.165, 1.54) is 0 Å². The molecule has 0 saturated heterocycles. The second kappa shape index (κ2) is 3.95. The van der Waals surface area contributed by atoms with Gasteiger partial charge in [0, 0.05) is 0 Å². The average molecular weight is 199 g/mol. The Morgan fingerprint density at radius 3 is 2.50 bits per heavy atom. The van der Waals surface area contributed by atoms with Crippen LogP contribution in [0.25, 0.3) is 0 Å². The molecule has 1 atom stereocenters. The van der Waals surface area contributed by atoms with Crippen molar-refractivity contribution in [3.8, 4) is 0 Å². The zero-order chi connectivity index (χ0) is 10.7. The standard InChI is InChI=1S/C7H13N5O2/c1-3(2)4(5(8)13)10-7-12-11-6(9)14-7/h3-4H,1-2H3,(H2,8,13)(H2,9,11)(H,10,12). The van der Waals surface area contributed by atoms with Crippen LogP contribution in [0, 0.1) is 5.92 Å². The number of rotatable bonds is 4. The number of primary amides is 1. The lowest BCUT2D eigenvalue weighted by Crippen LogP contribution is -2.39. The Labute approximate surface area is 80.8 Å². The van der Waals surface area contributed by atoms with E-state index in [9.17, 15) is 4.79 Å². The number of aromatic nitrogens is 2. The van der Waals surface area contributed by atoms with E-state index in [0.29, 0.717) is 0 Å². The van der Waals surface area contributed by atoms with Crippen LogP contribution < -0.4 is 16.8 Å². The van der Waals surface area contributed by atoms with Gasteiger partial charge in [0.05, 0.1) is 0 Å². The quantitative estimate of drug-likeness (QED) is 0.605. The van der Waals surface area contributed by atoms with E-state index < -0.39 is 11.9 Å². The van der Waals surface area contributed by atoms with Gasteiger partial charge in [0.2, 0.25) is 5.91 Å². The molecule has 0 aliphatic heterocycles. The van der Waals surface area contributed by atoms with Crippen LogP contribution in [0.4, 0.5) is 12.0 Å². The number of carbonyl (C=O) groups excluding carboxylic acids is 1. The van der Waals surface area contributed by atoms with Crippen molar-refractivity contribution in [2.24, 2.45) is 11.7 Å². The smallest absolute Gasteiger partial charge is 0.317 e. The van der Waals surface area contributed by atoms with Crippen molar-refractivity contribution in [3.63, 3.8) is 0 Å². The molecule has 0 bridgehead atoms. The zero-order valence-electron chi connectivity index (χ0n) is 8.02. The highest BCUT2D eigenvalue weighted by Gasteiger charge is 2.21. The summed E-state index contributed by atoms with van der Waals surface area (Å²) in [5.41, 5.74) is 10.4. The van der Waals surface area contributed by atoms with E-state index >= 15 is 0 Å². The lowest BCUT2D eigenvalue weighted by Gasteiger charge is -2.16. The van der Waals surface area contributed by atoms with E-state index in [0.717, 1.165) is 0 Å². The van der Waals surface area contributed by atoms with Gasteiger partial charge in [0.25, 0.3) is 0 Å². The van der Waals surface area contributed by atoms with Gasteiger partial charge in [-0.2, -0.15) is 0 Å². The topological polar surface area (TPSA) is 120 Å². The van der Waals surface area contributed by atoms with Crippen LogP contribution >= 0.6 is 0 Å². The molecule has 7 heteroatoms. The summed E-state index contributed by atoms with van der Waals surface area (Å²) in [5, 5.41) is 9.70.